The molecule has 0 fully saturated rings. The van der Waals surface area contributed by atoms with Crippen molar-refractivity contribution < 1.29 is 9.53 Å². The summed E-state index contributed by atoms with van der Waals surface area (Å²) in [5.41, 5.74) is 3.70. The van der Waals surface area contributed by atoms with Crippen LogP contribution >= 0.6 is 11.6 Å². The predicted octanol–water partition coefficient (Wildman–Crippen LogP) is 5.90. The molecule has 1 heterocycles. The highest BCUT2D eigenvalue weighted by atomic mass is 35.5. The maximum absolute atomic E-state index is 13.8. The summed E-state index contributed by atoms with van der Waals surface area (Å²) in [5.74, 6) is 0.467. The molecule has 1 unspecified atom stereocenters. The third kappa shape index (κ3) is 5.27. The van der Waals surface area contributed by atoms with Crippen molar-refractivity contribution in [2.24, 2.45) is 0 Å². The number of carbonyl (C=O) groups is 1. The third-order valence-electron chi connectivity index (χ3n) is 6.14. The first-order chi connectivity index (χ1) is 17.3. The lowest BCUT2D eigenvalue weighted by Crippen LogP contribution is -2.41. The van der Waals surface area contributed by atoms with Crippen molar-refractivity contribution >= 4 is 34.2 Å². The molecule has 8 heteroatoms. The van der Waals surface area contributed by atoms with Gasteiger partial charge in [0.15, 0.2) is 0 Å². The van der Waals surface area contributed by atoms with E-state index in [-0.39, 0.29) is 11.6 Å². The summed E-state index contributed by atoms with van der Waals surface area (Å²) in [5, 5.41) is 4.01. The van der Waals surface area contributed by atoms with E-state index in [1.54, 1.807) is 46.9 Å². The summed E-state index contributed by atoms with van der Waals surface area (Å²) in [4.78, 5) is 33.8. The number of anilines is 1. The zero-order valence-electron chi connectivity index (χ0n) is 20.8. The normalized spacial score (nSPS) is 11.9. The summed E-state index contributed by atoms with van der Waals surface area (Å²) >= 11 is 5.99. The Labute approximate surface area is 215 Å². The molecule has 3 aromatic carbocycles. The summed E-state index contributed by atoms with van der Waals surface area (Å²) in [6.07, 6.45) is 0. The van der Waals surface area contributed by atoms with E-state index in [0.29, 0.717) is 40.6 Å². The van der Waals surface area contributed by atoms with E-state index < -0.39 is 6.04 Å². The van der Waals surface area contributed by atoms with Gasteiger partial charge in [0.2, 0.25) is 0 Å². The van der Waals surface area contributed by atoms with Gasteiger partial charge < -0.3 is 15.0 Å². The van der Waals surface area contributed by atoms with Gasteiger partial charge >= 0.3 is 6.03 Å². The number of fused-ring (bicyclic) bond motifs is 1. The summed E-state index contributed by atoms with van der Waals surface area (Å²) < 4.78 is 6.92. The molecular weight excluding hydrogens is 476 g/mol. The van der Waals surface area contributed by atoms with Crippen LogP contribution in [0.4, 0.5) is 10.5 Å². The van der Waals surface area contributed by atoms with Gasteiger partial charge in [-0.3, -0.25) is 9.36 Å². The first-order valence-electron chi connectivity index (χ1n) is 11.7. The van der Waals surface area contributed by atoms with E-state index in [9.17, 15) is 9.59 Å². The van der Waals surface area contributed by atoms with E-state index in [0.717, 1.165) is 16.8 Å². The first kappa shape index (κ1) is 25.4. The molecule has 7 nitrogen and oxygen atoms in total. The quantitative estimate of drug-likeness (QED) is 0.340. The van der Waals surface area contributed by atoms with Crippen molar-refractivity contribution in [3.8, 4) is 5.69 Å². The minimum Gasteiger partial charge on any atom is -0.383 e. The number of aromatic nitrogens is 2. The fraction of sp³-hybridized carbons (Fsp3) is 0.250. The molecule has 0 saturated heterocycles. The van der Waals surface area contributed by atoms with Gasteiger partial charge in [-0.15, -0.1) is 0 Å². The van der Waals surface area contributed by atoms with E-state index >= 15 is 0 Å². The van der Waals surface area contributed by atoms with Gasteiger partial charge in [-0.1, -0.05) is 35.9 Å². The lowest BCUT2D eigenvalue weighted by atomic mass is 10.1. The average molecular weight is 505 g/mol. The number of para-hydroxylation sites is 1. The average Bonchev–Trinajstić information content (AvgIpc) is 2.87. The van der Waals surface area contributed by atoms with E-state index in [1.165, 1.54) is 0 Å². The first-order valence-corrected chi connectivity index (χ1v) is 12.1. The zero-order valence-corrected chi connectivity index (χ0v) is 21.5. The van der Waals surface area contributed by atoms with Crippen molar-refractivity contribution in [1.82, 2.24) is 14.5 Å². The molecular formula is C28H29ClN4O3. The maximum Gasteiger partial charge on any atom is 0.322 e. The highest BCUT2D eigenvalue weighted by Crippen LogP contribution is 2.26. The number of nitrogens with zero attached hydrogens (tertiary/aromatic N) is 3. The Morgan fingerprint density at radius 2 is 1.83 bits per heavy atom. The van der Waals surface area contributed by atoms with Crippen LogP contribution in [0.5, 0.6) is 0 Å². The number of benzene rings is 3. The molecule has 186 valence electrons. The largest absolute Gasteiger partial charge is 0.383 e. The molecule has 4 rings (SSSR count). The van der Waals surface area contributed by atoms with Gasteiger partial charge in [0, 0.05) is 24.4 Å². The number of halogens is 1. The molecule has 0 bridgehead atoms. The van der Waals surface area contributed by atoms with Crippen LogP contribution in [0.15, 0.2) is 71.5 Å². The summed E-state index contributed by atoms with van der Waals surface area (Å²) in [6.45, 7) is 6.43. The number of amides is 2. The number of carbonyl (C=O) groups excluding carboxylic acids is 1. The number of aryl methyl sites for hydroxylation is 2. The molecule has 0 aliphatic carbocycles. The third-order valence-corrected chi connectivity index (χ3v) is 6.39. The van der Waals surface area contributed by atoms with E-state index in [2.05, 4.69) is 5.32 Å². The van der Waals surface area contributed by atoms with Crippen molar-refractivity contribution in [2.45, 2.75) is 26.8 Å². The van der Waals surface area contributed by atoms with Gasteiger partial charge in [-0.2, -0.15) is 0 Å². The Morgan fingerprint density at radius 1 is 1.11 bits per heavy atom. The lowest BCUT2D eigenvalue weighted by Gasteiger charge is -2.30. The molecule has 0 radical (unpaired) electrons. The molecule has 36 heavy (non-hydrogen) atoms. The number of hydrogen-bond acceptors (Lipinski definition) is 4. The topological polar surface area (TPSA) is 76.5 Å². The van der Waals surface area contributed by atoms with Crippen molar-refractivity contribution in [1.29, 1.82) is 0 Å². The molecule has 1 aromatic heterocycles. The van der Waals surface area contributed by atoms with Gasteiger partial charge in [-0.25, -0.2) is 9.78 Å². The second-order valence-electron chi connectivity index (χ2n) is 8.72. The van der Waals surface area contributed by atoms with Crippen LogP contribution in [0, 0.1) is 13.8 Å². The number of ether oxygens (including phenoxy) is 1. The molecule has 4 aromatic rings. The monoisotopic (exact) mass is 504 g/mol. The lowest BCUT2D eigenvalue weighted by molar-refractivity contribution is 0.137. The molecule has 0 aliphatic rings. The number of urea groups is 1. The molecule has 0 saturated carbocycles. The summed E-state index contributed by atoms with van der Waals surface area (Å²) in [7, 11) is 1.58. The summed E-state index contributed by atoms with van der Waals surface area (Å²) in [6, 6.07) is 19.2. The number of rotatable bonds is 7. The standard InChI is InChI=1S/C28H29ClN4O3/c1-18-9-10-19(2)25(17-18)33-26(31-24-8-6-5-7-23(24)27(33)34)20(3)32(15-16-36-4)28(35)30-22-13-11-21(29)12-14-22/h5-14,17,20H,15-16H2,1-4H3,(H,30,35). The van der Waals surface area contributed by atoms with Gasteiger partial charge in [0.25, 0.3) is 5.56 Å². The van der Waals surface area contributed by atoms with Gasteiger partial charge in [0.05, 0.1) is 29.2 Å². The zero-order chi connectivity index (χ0) is 25.8. The van der Waals surface area contributed by atoms with Gasteiger partial charge in [-0.05, 0) is 74.4 Å². The van der Waals surface area contributed by atoms with E-state index in [1.807, 2.05) is 57.2 Å². The van der Waals surface area contributed by atoms with Crippen LogP contribution in [-0.4, -0.2) is 40.7 Å². The SMILES string of the molecule is COCCN(C(=O)Nc1ccc(Cl)cc1)C(C)c1nc2ccccc2c(=O)n1-c1cc(C)ccc1C. The fourth-order valence-corrected chi connectivity index (χ4v) is 4.28. The number of hydrogen-bond donors (Lipinski definition) is 1. The van der Waals surface area contributed by atoms with Gasteiger partial charge in [0.1, 0.15) is 5.82 Å². The van der Waals surface area contributed by atoms with Crippen LogP contribution in [-0.2, 0) is 4.74 Å². The Balaban J connectivity index is 1.85. The van der Waals surface area contributed by atoms with Crippen molar-refractivity contribution in [3.05, 3.63) is 99.1 Å². The van der Waals surface area contributed by atoms with E-state index in [4.69, 9.17) is 21.3 Å². The molecule has 1 atom stereocenters. The highest BCUT2D eigenvalue weighted by molar-refractivity contribution is 6.30. The molecule has 1 N–H and O–H groups in total. The number of nitrogens with one attached hydrogen (secondary N) is 1. The second-order valence-corrected chi connectivity index (χ2v) is 9.15. The highest BCUT2D eigenvalue weighted by Gasteiger charge is 2.27. The molecule has 2 amide bonds. The van der Waals surface area contributed by atoms with Crippen LogP contribution in [0.3, 0.4) is 0 Å². The molecule has 0 spiro atoms. The molecule has 0 aliphatic heterocycles. The van der Waals surface area contributed by atoms with Crippen molar-refractivity contribution in [2.75, 3.05) is 25.6 Å². The minimum atomic E-state index is -0.551. The van der Waals surface area contributed by atoms with Crippen molar-refractivity contribution in [3.63, 3.8) is 0 Å². The Kier molecular flexibility index (Phi) is 7.72. The Bertz CT molecular complexity index is 1450. The smallest absolute Gasteiger partial charge is 0.322 e. The Morgan fingerprint density at radius 3 is 2.56 bits per heavy atom. The van der Waals surface area contributed by atoms with Crippen LogP contribution in [0.25, 0.3) is 16.6 Å². The fourth-order valence-electron chi connectivity index (χ4n) is 4.15. The van der Waals surface area contributed by atoms with Crippen LogP contribution in [0.1, 0.15) is 29.9 Å². The number of methoxy groups -OCH3 is 1. The second kappa shape index (κ2) is 10.9. The minimum absolute atomic E-state index is 0.180. The van der Waals surface area contributed by atoms with Crippen LogP contribution in [0.2, 0.25) is 5.02 Å². The van der Waals surface area contributed by atoms with Crippen LogP contribution < -0.4 is 10.9 Å². The Hall–Kier alpha value is -3.68. The predicted molar refractivity (Wildman–Crippen MR) is 144 cm³/mol. The maximum atomic E-state index is 13.8.